The molecule has 0 bridgehead atoms. The molecule has 1 aliphatic rings. The summed E-state index contributed by atoms with van der Waals surface area (Å²) in [6, 6.07) is 2.70. The second-order valence-electron chi connectivity index (χ2n) is 6.50. The van der Waals surface area contributed by atoms with Crippen molar-refractivity contribution in [2.24, 2.45) is 0 Å². The molecular formula is C18H24FN5O. The molecule has 0 spiro atoms. The Hall–Kier alpha value is -2.44. The zero-order valence-corrected chi connectivity index (χ0v) is 14.7. The van der Waals surface area contributed by atoms with Crippen LogP contribution in [0, 0.1) is 19.7 Å². The molecule has 2 aromatic rings. The van der Waals surface area contributed by atoms with Gasteiger partial charge in [0.1, 0.15) is 5.82 Å². The van der Waals surface area contributed by atoms with Crippen LogP contribution in [0.3, 0.4) is 0 Å². The van der Waals surface area contributed by atoms with E-state index in [1.807, 2.05) is 18.7 Å². The monoisotopic (exact) mass is 345 g/mol. The number of rotatable bonds is 3. The minimum atomic E-state index is -0.406. The standard InChI is InChI=1S/C18H24FN5O/c1-12-17(13(2)23-22-12)16-8-4-3-5-10-24(16)18(25)21-11-15-14(19)7-6-9-20-15/h6-7,9,16H,3-5,8,10-11H2,1-2H3,(H,21,25)(H,22,23)/t16-/m0/s1. The maximum Gasteiger partial charge on any atom is 0.318 e. The van der Waals surface area contributed by atoms with E-state index in [0.717, 1.165) is 42.6 Å². The Morgan fingerprint density at radius 1 is 1.40 bits per heavy atom. The van der Waals surface area contributed by atoms with Crippen molar-refractivity contribution in [3.05, 3.63) is 46.8 Å². The number of aryl methyl sites for hydroxylation is 2. The van der Waals surface area contributed by atoms with Crippen molar-refractivity contribution < 1.29 is 9.18 Å². The minimum absolute atomic E-state index is 0.00479. The van der Waals surface area contributed by atoms with Crippen LogP contribution in [0.5, 0.6) is 0 Å². The van der Waals surface area contributed by atoms with E-state index in [0.29, 0.717) is 6.54 Å². The van der Waals surface area contributed by atoms with Crippen LogP contribution in [0.4, 0.5) is 9.18 Å². The first-order valence-corrected chi connectivity index (χ1v) is 8.73. The quantitative estimate of drug-likeness (QED) is 0.895. The lowest BCUT2D eigenvalue weighted by Gasteiger charge is -2.30. The number of hydrogen-bond acceptors (Lipinski definition) is 3. The summed E-state index contributed by atoms with van der Waals surface area (Å²) in [5.74, 6) is -0.406. The van der Waals surface area contributed by atoms with Crippen LogP contribution in [0.15, 0.2) is 18.3 Å². The fourth-order valence-corrected chi connectivity index (χ4v) is 3.51. The number of carbonyl (C=O) groups excluding carboxylic acids is 1. The van der Waals surface area contributed by atoms with Gasteiger partial charge in [0.15, 0.2) is 0 Å². The highest BCUT2D eigenvalue weighted by Gasteiger charge is 2.30. The molecule has 3 rings (SSSR count). The maximum atomic E-state index is 13.7. The molecule has 134 valence electrons. The molecule has 0 aliphatic carbocycles. The third-order valence-corrected chi connectivity index (χ3v) is 4.77. The number of nitrogens with one attached hydrogen (secondary N) is 2. The number of nitrogens with zero attached hydrogens (tertiary/aromatic N) is 3. The number of pyridine rings is 1. The van der Waals surface area contributed by atoms with E-state index >= 15 is 0 Å². The molecule has 7 heteroatoms. The molecule has 1 atom stereocenters. The SMILES string of the molecule is Cc1n[nH]c(C)c1[C@@H]1CCCCCN1C(=O)NCc1ncccc1F. The Balaban J connectivity index is 1.77. The van der Waals surface area contributed by atoms with Crippen molar-refractivity contribution in [3.8, 4) is 0 Å². The molecule has 25 heavy (non-hydrogen) atoms. The van der Waals surface area contributed by atoms with E-state index in [-0.39, 0.29) is 24.3 Å². The smallest absolute Gasteiger partial charge is 0.318 e. The highest BCUT2D eigenvalue weighted by molar-refractivity contribution is 5.75. The van der Waals surface area contributed by atoms with E-state index < -0.39 is 5.82 Å². The summed E-state index contributed by atoms with van der Waals surface area (Å²) in [7, 11) is 0. The topological polar surface area (TPSA) is 73.9 Å². The summed E-state index contributed by atoms with van der Waals surface area (Å²) in [6.07, 6.45) is 5.58. The molecule has 0 aromatic carbocycles. The second kappa shape index (κ2) is 7.63. The van der Waals surface area contributed by atoms with Crippen LogP contribution < -0.4 is 5.32 Å². The van der Waals surface area contributed by atoms with Crippen LogP contribution in [-0.2, 0) is 6.54 Å². The van der Waals surface area contributed by atoms with Gasteiger partial charge >= 0.3 is 6.03 Å². The van der Waals surface area contributed by atoms with Crippen molar-refractivity contribution in [3.63, 3.8) is 0 Å². The Morgan fingerprint density at radius 2 is 2.24 bits per heavy atom. The van der Waals surface area contributed by atoms with Gasteiger partial charge in [-0.3, -0.25) is 10.1 Å². The minimum Gasteiger partial charge on any atom is -0.332 e. The average Bonchev–Trinajstić information content (AvgIpc) is 2.80. The lowest BCUT2D eigenvalue weighted by atomic mass is 9.99. The fraction of sp³-hybridized carbons (Fsp3) is 0.500. The van der Waals surface area contributed by atoms with Gasteiger partial charge < -0.3 is 10.2 Å². The molecule has 0 radical (unpaired) electrons. The normalized spacial score (nSPS) is 18.0. The predicted molar refractivity (Wildman–Crippen MR) is 92.4 cm³/mol. The zero-order chi connectivity index (χ0) is 17.8. The van der Waals surface area contributed by atoms with Gasteiger partial charge in [-0.1, -0.05) is 12.8 Å². The number of aromatic nitrogens is 3. The molecule has 0 saturated carbocycles. The van der Waals surface area contributed by atoms with Crippen molar-refractivity contribution in [1.82, 2.24) is 25.4 Å². The number of H-pyrrole nitrogens is 1. The second-order valence-corrected chi connectivity index (χ2v) is 6.50. The van der Waals surface area contributed by atoms with Crippen LogP contribution in [0.25, 0.3) is 0 Å². The molecule has 2 N–H and O–H groups in total. The van der Waals surface area contributed by atoms with Crippen LogP contribution in [0.1, 0.15) is 54.4 Å². The largest absolute Gasteiger partial charge is 0.332 e. The van der Waals surface area contributed by atoms with Crippen molar-refractivity contribution in [2.45, 2.75) is 52.1 Å². The highest BCUT2D eigenvalue weighted by atomic mass is 19.1. The number of aromatic amines is 1. The summed E-state index contributed by atoms with van der Waals surface area (Å²) in [5.41, 5.74) is 3.27. The van der Waals surface area contributed by atoms with Crippen molar-refractivity contribution >= 4 is 6.03 Å². The lowest BCUT2D eigenvalue weighted by molar-refractivity contribution is 0.174. The van der Waals surface area contributed by atoms with Crippen LogP contribution in [0.2, 0.25) is 0 Å². The first-order valence-electron chi connectivity index (χ1n) is 8.73. The number of hydrogen-bond donors (Lipinski definition) is 2. The van der Waals surface area contributed by atoms with Crippen LogP contribution >= 0.6 is 0 Å². The molecule has 1 saturated heterocycles. The van der Waals surface area contributed by atoms with E-state index in [1.165, 1.54) is 18.3 Å². The van der Waals surface area contributed by atoms with E-state index in [4.69, 9.17) is 0 Å². The molecular weight excluding hydrogens is 321 g/mol. The number of halogens is 1. The third kappa shape index (κ3) is 3.81. The van der Waals surface area contributed by atoms with Crippen molar-refractivity contribution in [1.29, 1.82) is 0 Å². The molecule has 1 fully saturated rings. The molecule has 0 unspecified atom stereocenters. The molecule has 3 heterocycles. The summed E-state index contributed by atoms with van der Waals surface area (Å²) in [4.78, 5) is 18.6. The zero-order valence-electron chi connectivity index (χ0n) is 14.7. The first-order chi connectivity index (χ1) is 12.1. The lowest BCUT2D eigenvalue weighted by Crippen LogP contribution is -2.42. The Bertz CT molecular complexity index is 725. The van der Waals surface area contributed by atoms with Gasteiger partial charge in [-0.2, -0.15) is 5.10 Å². The van der Waals surface area contributed by atoms with Gasteiger partial charge in [-0.25, -0.2) is 9.18 Å². The van der Waals surface area contributed by atoms with Crippen molar-refractivity contribution in [2.75, 3.05) is 6.54 Å². The van der Waals surface area contributed by atoms with E-state index in [2.05, 4.69) is 20.5 Å². The average molecular weight is 345 g/mol. The Labute approximate surface area is 146 Å². The number of urea groups is 1. The molecule has 1 aliphatic heterocycles. The molecule has 6 nitrogen and oxygen atoms in total. The summed E-state index contributed by atoms with van der Waals surface area (Å²) in [6.45, 7) is 4.71. The summed E-state index contributed by atoms with van der Waals surface area (Å²) in [5, 5.41) is 10.1. The van der Waals surface area contributed by atoms with Gasteiger partial charge in [0.2, 0.25) is 0 Å². The van der Waals surface area contributed by atoms with Gasteiger partial charge in [0, 0.05) is 24.0 Å². The number of amides is 2. The third-order valence-electron chi connectivity index (χ3n) is 4.77. The van der Waals surface area contributed by atoms with Gasteiger partial charge in [0.25, 0.3) is 0 Å². The molecule has 2 aromatic heterocycles. The predicted octanol–water partition coefficient (Wildman–Crippen LogP) is 3.39. The van der Waals surface area contributed by atoms with Crippen LogP contribution in [-0.4, -0.2) is 32.7 Å². The maximum absolute atomic E-state index is 13.7. The number of carbonyl (C=O) groups is 1. The first kappa shape index (κ1) is 17.4. The summed E-state index contributed by atoms with van der Waals surface area (Å²) < 4.78 is 13.7. The van der Waals surface area contributed by atoms with Gasteiger partial charge in [-0.05, 0) is 38.8 Å². The summed E-state index contributed by atoms with van der Waals surface area (Å²) >= 11 is 0. The van der Waals surface area contributed by atoms with Gasteiger partial charge in [-0.15, -0.1) is 0 Å². The molecule has 2 amide bonds. The van der Waals surface area contributed by atoms with Gasteiger partial charge in [0.05, 0.1) is 24.0 Å². The van der Waals surface area contributed by atoms with E-state index in [9.17, 15) is 9.18 Å². The Morgan fingerprint density at radius 3 is 2.96 bits per heavy atom. The fourth-order valence-electron chi connectivity index (χ4n) is 3.51. The Kier molecular flexibility index (Phi) is 5.31. The highest BCUT2D eigenvalue weighted by Crippen LogP contribution is 2.33. The number of likely N-dealkylation sites (tertiary alicyclic amines) is 1. The van der Waals surface area contributed by atoms with E-state index in [1.54, 1.807) is 0 Å².